The highest BCUT2D eigenvalue weighted by molar-refractivity contribution is 14.0. The summed E-state index contributed by atoms with van der Waals surface area (Å²) in [6, 6.07) is 0.483. The summed E-state index contributed by atoms with van der Waals surface area (Å²) >= 11 is 0. The van der Waals surface area contributed by atoms with Crippen molar-refractivity contribution in [3.8, 4) is 0 Å². The lowest BCUT2D eigenvalue weighted by molar-refractivity contribution is -0.186. The lowest BCUT2D eigenvalue weighted by Gasteiger charge is -2.31. The molecule has 0 aromatic rings. The van der Waals surface area contributed by atoms with Crippen LogP contribution in [0.5, 0.6) is 0 Å². The Balaban J connectivity index is 0.00000225. The zero-order valence-electron chi connectivity index (χ0n) is 15.3. The first-order chi connectivity index (χ1) is 11.6. The third kappa shape index (κ3) is 6.25. The summed E-state index contributed by atoms with van der Waals surface area (Å²) in [5.41, 5.74) is 0. The third-order valence-corrected chi connectivity index (χ3v) is 4.82. The van der Waals surface area contributed by atoms with Crippen molar-refractivity contribution in [2.24, 2.45) is 4.99 Å². The van der Waals surface area contributed by atoms with Gasteiger partial charge in [-0.25, -0.2) is 4.99 Å². The summed E-state index contributed by atoms with van der Waals surface area (Å²) in [4.78, 5) is 17.7. The molecular formula is C17H31IN4O3. The van der Waals surface area contributed by atoms with E-state index in [0.717, 1.165) is 25.7 Å². The zero-order valence-corrected chi connectivity index (χ0v) is 17.6. The van der Waals surface area contributed by atoms with Crippen LogP contribution >= 0.6 is 24.0 Å². The van der Waals surface area contributed by atoms with Crippen molar-refractivity contribution in [2.45, 2.75) is 62.9 Å². The Morgan fingerprint density at radius 3 is 2.60 bits per heavy atom. The van der Waals surface area contributed by atoms with Crippen LogP contribution in [0.3, 0.4) is 0 Å². The van der Waals surface area contributed by atoms with Gasteiger partial charge < -0.3 is 25.0 Å². The summed E-state index contributed by atoms with van der Waals surface area (Å²) in [6.45, 7) is 1.43. The number of likely N-dealkylation sites (N-methyl/N-ethyl adjacent to an activating group) is 1. The zero-order chi connectivity index (χ0) is 17.0. The molecule has 2 saturated carbocycles. The van der Waals surface area contributed by atoms with Gasteiger partial charge in [-0.2, -0.15) is 0 Å². The number of ether oxygens (including phenoxy) is 2. The number of nitrogens with zero attached hydrogens (tertiary/aromatic N) is 2. The summed E-state index contributed by atoms with van der Waals surface area (Å²) in [5, 5.41) is 6.66. The lowest BCUT2D eigenvalue weighted by atomic mass is 9.94. The molecule has 1 unspecified atom stereocenters. The molecule has 8 heteroatoms. The molecule has 3 aliphatic rings. The molecule has 1 atom stereocenters. The summed E-state index contributed by atoms with van der Waals surface area (Å²) in [5.74, 6) is 0.349. The van der Waals surface area contributed by atoms with Crippen LogP contribution in [-0.4, -0.2) is 68.5 Å². The fourth-order valence-electron chi connectivity index (χ4n) is 3.14. The van der Waals surface area contributed by atoms with Gasteiger partial charge in [0.25, 0.3) is 0 Å². The van der Waals surface area contributed by atoms with Gasteiger partial charge in [-0.1, -0.05) is 6.42 Å². The minimum absolute atomic E-state index is 0. The van der Waals surface area contributed by atoms with E-state index in [1.165, 1.54) is 19.3 Å². The molecule has 0 aromatic carbocycles. The SMILES string of the molecule is CN(C)C(=O)CN=C(NCC1COC2(CCCCC2)O1)NC1CC1.I. The number of aliphatic imine (C=N–C) groups is 1. The van der Waals surface area contributed by atoms with Crippen LogP contribution in [0.2, 0.25) is 0 Å². The van der Waals surface area contributed by atoms with Crippen LogP contribution in [0.15, 0.2) is 4.99 Å². The standard InChI is InChI=1S/C17H30N4O3.HI/c1-21(2)15(22)11-19-16(20-13-6-7-13)18-10-14-12-23-17(24-14)8-4-3-5-9-17;/h13-14H,3-12H2,1-2H3,(H2,18,19,20);1H. The number of guanidine groups is 1. The summed E-state index contributed by atoms with van der Waals surface area (Å²) in [7, 11) is 3.49. The highest BCUT2D eigenvalue weighted by Crippen LogP contribution is 2.37. The number of nitrogens with one attached hydrogen (secondary N) is 2. The van der Waals surface area contributed by atoms with Crippen LogP contribution < -0.4 is 10.6 Å². The van der Waals surface area contributed by atoms with Gasteiger partial charge in [-0.3, -0.25) is 4.79 Å². The number of hydrogen-bond acceptors (Lipinski definition) is 4. The topological polar surface area (TPSA) is 75.2 Å². The van der Waals surface area contributed by atoms with Gasteiger partial charge in [0.15, 0.2) is 11.7 Å². The van der Waals surface area contributed by atoms with Crippen molar-refractivity contribution in [3.05, 3.63) is 0 Å². The Bertz CT molecular complexity index is 477. The van der Waals surface area contributed by atoms with E-state index in [1.54, 1.807) is 19.0 Å². The van der Waals surface area contributed by atoms with Crippen LogP contribution in [0.25, 0.3) is 0 Å². The number of carbonyl (C=O) groups excluding carboxylic acids is 1. The van der Waals surface area contributed by atoms with Crippen molar-refractivity contribution in [2.75, 3.05) is 33.8 Å². The second kappa shape index (κ2) is 9.36. The van der Waals surface area contributed by atoms with Crippen molar-refractivity contribution in [3.63, 3.8) is 0 Å². The first kappa shape index (κ1) is 20.7. The van der Waals surface area contributed by atoms with Crippen molar-refractivity contribution in [1.82, 2.24) is 15.5 Å². The number of hydrogen-bond donors (Lipinski definition) is 2. The van der Waals surface area contributed by atoms with Crippen LogP contribution in [0.4, 0.5) is 0 Å². The maximum atomic E-state index is 11.7. The predicted molar refractivity (Wildman–Crippen MR) is 107 cm³/mol. The molecule has 7 nitrogen and oxygen atoms in total. The van der Waals surface area contributed by atoms with Gasteiger partial charge in [0.1, 0.15) is 12.6 Å². The number of carbonyl (C=O) groups is 1. The van der Waals surface area contributed by atoms with E-state index in [1.807, 2.05) is 0 Å². The highest BCUT2D eigenvalue weighted by atomic mass is 127. The molecule has 0 aromatic heterocycles. The van der Waals surface area contributed by atoms with Gasteiger partial charge in [-0.05, 0) is 25.7 Å². The second-order valence-corrected chi connectivity index (χ2v) is 7.27. The molecule has 1 amide bonds. The van der Waals surface area contributed by atoms with E-state index in [0.29, 0.717) is 25.2 Å². The van der Waals surface area contributed by atoms with Gasteiger partial charge >= 0.3 is 0 Å². The molecule has 0 radical (unpaired) electrons. The van der Waals surface area contributed by atoms with E-state index in [-0.39, 0.29) is 48.3 Å². The first-order valence-corrected chi connectivity index (χ1v) is 9.13. The highest BCUT2D eigenvalue weighted by Gasteiger charge is 2.42. The monoisotopic (exact) mass is 466 g/mol. The van der Waals surface area contributed by atoms with Gasteiger partial charge in [0.05, 0.1) is 6.61 Å². The largest absolute Gasteiger partial charge is 0.354 e. The number of halogens is 1. The van der Waals surface area contributed by atoms with Gasteiger partial charge in [0, 0.05) is 39.5 Å². The Labute approximate surface area is 167 Å². The lowest BCUT2D eigenvalue weighted by Crippen LogP contribution is -2.44. The third-order valence-electron chi connectivity index (χ3n) is 4.82. The van der Waals surface area contributed by atoms with E-state index in [9.17, 15) is 4.79 Å². The van der Waals surface area contributed by atoms with E-state index in [2.05, 4.69) is 15.6 Å². The Morgan fingerprint density at radius 1 is 1.24 bits per heavy atom. The fraction of sp³-hybridized carbons (Fsp3) is 0.882. The average molecular weight is 466 g/mol. The quantitative estimate of drug-likeness (QED) is 0.365. The molecule has 3 rings (SSSR count). The second-order valence-electron chi connectivity index (χ2n) is 7.27. The average Bonchev–Trinajstić information content (AvgIpc) is 3.31. The molecule has 144 valence electrons. The Kier molecular flexibility index (Phi) is 7.75. The minimum Gasteiger partial charge on any atom is -0.354 e. The summed E-state index contributed by atoms with van der Waals surface area (Å²) < 4.78 is 12.1. The predicted octanol–water partition coefficient (Wildman–Crippen LogP) is 1.47. The Morgan fingerprint density at radius 2 is 1.96 bits per heavy atom. The molecule has 3 fully saturated rings. The molecule has 1 saturated heterocycles. The molecule has 0 bridgehead atoms. The summed E-state index contributed by atoms with van der Waals surface area (Å²) in [6.07, 6.45) is 8.01. The maximum absolute atomic E-state index is 11.7. The van der Waals surface area contributed by atoms with Crippen LogP contribution in [0.1, 0.15) is 44.9 Å². The van der Waals surface area contributed by atoms with E-state index in [4.69, 9.17) is 9.47 Å². The van der Waals surface area contributed by atoms with Crippen molar-refractivity contribution < 1.29 is 14.3 Å². The van der Waals surface area contributed by atoms with Crippen molar-refractivity contribution >= 4 is 35.8 Å². The molecule has 1 heterocycles. The number of amides is 1. The normalized spacial score (nSPS) is 25.4. The number of rotatable bonds is 5. The van der Waals surface area contributed by atoms with Crippen LogP contribution in [0, 0.1) is 0 Å². The molecule has 1 aliphatic heterocycles. The smallest absolute Gasteiger partial charge is 0.243 e. The van der Waals surface area contributed by atoms with E-state index < -0.39 is 0 Å². The molecule has 2 N–H and O–H groups in total. The first-order valence-electron chi connectivity index (χ1n) is 9.13. The fourth-order valence-corrected chi connectivity index (χ4v) is 3.14. The van der Waals surface area contributed by atoms with Gasteiger partial charge in [0.2, 0.25) is 5.91 Å². The molecule has 25 heavy (non-hydrogen) atoms. The minimum atomic E-state index is -0.341. The molecular weight excluding hydrogens is 435 g/mol. The van der Waals surface area contributed by atoms with Gasteiger partial charge in [-0.15, -0.1) is 24.0 Å². The molecule has 1 spiro atoms. The molecule has 2 aliphatic carbocycles. The maximum Gasteiger partial charge on any atom is 0.243 e. The van der Waals surface area contributed by atoms with E-state index >= 15 is 0 Å². The van der Waals surface area contributed by atoms with Crippen LogP contribution in [-0.2, 0) is 14.3 Å². The Hall–Kier alpha value is -0.610. The van der Waals surface area contributed by atoms with Crippen molar-refractivity contribution in [1.29, 1.82) is 0 Å².